The minimum Gasteiger partial charge on any atom is -0.481 e. The Bertz CT molecular complexity index is 543. The lowest BCUT2D eigenvalue weighted by molar-refractivity contribution is -0.138. The van der Waals surface area contributed by atoms with Gasteiger partial charge in [0.15, 0.2) is 0 Å². The third-order valence-corrected chi connectivity index (χ3v) is 3.33. The maximum Gasteiger partial charge on any atom is 0.312 e. The van der Waals surface area contributed by atoms with Crippen LogP contribution < -0.4 is 5.32 Å². The number of carboxylic acid groups (broad SMARTS) is 1. The fourth-order valence-electron chi connectivity index (χ4n) is 2.10. The highest BCUT2D eigenvalue weighted by atomic mass is 16.4. The van der Waals surface area contributed by atoms with Crippen LogP contribution in [0.4, 0.5) is 0 Å². The molecule has 0 fully saturated rings. The van der Waals surface area contributed by atoms with Crippen molar-refractivity contribution in [1.29, 1.82) is 0 Å². The summed E-state index contributed by atoms with van der Waals surface area (Å²) in [5.74, 6) is -1.36. The highest BCUT2D eigenvalue weighted by Gasteiger charge is 2.20. The number of hydrogen-bond acceptors (Lipinski definition) is 3. The number of pyridine rings is 1. The molecule has 20 heavy (non-hydrogen) atoms. The molecule has 0 spiro atoms. The van der Waals surface area contributed by atoms with E-state index in [2.05, 4.69) is 10.3 Å². The second kappa shape index (κ2) is 6.82. The molecule has 0 aliphatic carbocycles. The summed E-state index contributed by atoms with van der Waals surface area (Å²) in [6.45, 7) is 2.40. The first-order valence-electron chi connectivity index (χ1n) is 6.59. The molecule has 1 heterocycles. The van der Waals surface area contributed by atoms with Gasteiger partial charge in [0.2, 0.25) is 0 Å². The average Bonchev–Trinajstić information content (AvgIpc) is 2.49. The molecule has 2 atom stereocenters. The molecule has 0 saturated heterocycles. The lowest BCUT2D eigenvalue weighted by atomic mass is 9.98. The topological polar surface area (TPSA) is 62.2 Å². The summed E-state index contributed by atoms with van der Waals surface area (Å²) in [6, 6.07) is 13.2. The van der Waals surface area contributed by atoms with Crippen molar-refractivity contribution in [3.8, 4) is 0 Å². The second-order valence-electron chi connectivity index (χ2n) is 4.71. The standard InChI is InChI=1S/C16H18N2O2/c1-12(13-7-9-17-10-8-13)18-11-15(16(19)20)14-5-3-2-4-6-14/h2-10,12,15,18H,11H2,1H3,(H,19,20). The Morgan fingerprint density at radius 1 is 1.15 bits per heavy atom. The summed E-state index contributed by atoms with van der Waals surface area (Å²) in [7, 11) is 0. The molecule has 2 N–H and O–H groups in total. The highest BCUT2D eigenvalue weighted by Crippen LogP contribution is 2.17. The van der Waals surface area contributed by atoms with E-state index >= 15 is 0 Å². The fourth-order valence-corrected chi connectivity index (χ4v) is 2.10. The van der Waals surface area contributed by atoms with Crippen molar-refractivity contribution in [1.82, 2.24) is 10.3 Å². The molecule has 4 nitrogen and oxygen atoms in total. The zero-order chi connectivity index (χ0) is 14.4. The molecule has 2 unspecified atom stereocenters. The number of carbonyl (C=O) groups is 1. The average molecular weight is 270 g/mol. The molecule has 1 aromatic carbocycles. The van der Waals surface area contributed by atoms with Gasteiger partial charge in [-0.05, 0) is 30.2 Å². The number of nitrogens with one attached hydrogen (secondary N) is 1. The summed E-state index contributed by atoms with van der Waals surface area (Å²) >= 11 is 0. The van der Waals surface area contributed by atoms with Crippen LogP contribution in [-0.4, -0.2) is 22.6 Å². The number of carboxylic acids is 1. The van der Waals surface area contributed by atoms with E-state index < -0.39 is 11.9 Å². The number of aliphatic carboxylic acids is 1. The molecule has 0 amide bonds. The van der Waals surface area contributed by atoms with Gasteiger partial charge in [-0.25, -0.2) is 0 Å². The second-order valence-corrected chi connectivity index (χ2v) is 4.71. The Labute approximate surface area is 118 Å². The van der Waals surface area contributed by atoms with E-state index in [0.29, 0.717) is 6.54 Å². The van der Waals surface area contributed by atoms with Crippen molar-refractivity contribution in [3.63, 3.8) is 0 Å². The monoisotopic (exact) mass is 270 g/mol. The van der Waals surface area contributed by atoms with Crippen molar-refractivity contribution >= 4 is 5.97 Å². The lowest BCUT2D eigenvalue weighted by Crippen LogP contribution is -2.29. The SMILES string of the molecule is CC(NCC(C(=O)O)c1ccccc1)c1ccncc1. The Kier molecular flexibility index (Phi) is 4.85. The zero-order valence-electron chi connectivity index (χ0n) is 11.4. The number of hydrogen-bond donors (Lipinski definition) is 2. The van der Waals surface area contributed by atoms with Gasteiger partial charge in [-0.15, -0.1) is 0 Å². The van der Waals surface area contributed by atoms with Gasteiger partial charge in [-0.2, -0.15) is 0 Å². The maximum absolute atomic E-state index is 11.4. The third kappa shape index (κ3) is 3.65. The summed E-state index contributed by atoms with van der Waals surface area (Å²) in [5, 5.41) is 12.6. The van der Waals surface area contributed by atoms with Gasteiger partial charge >= 0.3 is 5.97 Å². The van der Waals surface area contributed by atoms with Gasteiger partial charge in [0.1, 0.15) is 0 Å². The van der Waals surface area contributed by atoms with Gasteiger partial charge in [0, 0.05) is 25.0 Å². The van der Waals surface area contributed by atoms with E-state index in [1.807, 2.05) is 49.4 Å². The van der Waals surface area contributed by atoms with Crippen LogP contribution in [0.2, 0.25) is 0 Å². The van der Waals surface area contributed by atoms with Crippen LogP contribution in [0.5, 0.6) is 0 Å². The van der Waals surface area contributed by atoms with Crippen LogP contribution >= 0.6 is 0 Å². The van der Waals surface area contributed by atoms with Gasteiger partial charge < -0.3 is 10.4 Å². The molecule has 0 saturated carbocycles. The summed E-state index contributed by atoms with van der Waals surface area (Å²) in [4.78, 5) is 15.4. The maximum atomic E-state index is 11.4. The van der Waals surface area contributed by atoms with Crippen LogP contribution in [0.1, 0.15) is 30.0 Å². The van der Waals surface area contributed by atoms with Crippen molar-refractivity contribution in [3.05, 3.63) is 66.0 Å². The predicted octanol–water partition coefficient (Wildman–Crippen LogP) is 2.60. The molecule has 0 bridgehead atoms. The summed E-state index contributed by atoms with van der Waals surface area (Å²) in [5.41, 5.74) is 1.91. The smallest absolute Gasteiger partial charge is 0.312 e. The number of aromatic nitrogens is 1. The summed E-state index contributed by atoms with van der Waals surface area (Å²) < 4.78 is 0. The molecule has 2 aromatic rings. The van der Waals surface area contributed by atoms with Gasteiger partial charge in [0.25, 0.3) is 0 Å². The molecule has 104 valence electrons. The minimum absolute atomic E-state index is 0.0866. The fraction of sp³-hybridized carbons (Fsp3) is 0.250. The minimum atomic E-state index is -0.814. The zero-order valence-corrected chi connectivity index (χ0v) is 11.4. The first kappa shape index (κ1) is 14.2. The van der Waals surface area contributed by atoms with Crippen LogP contribution in [0.15, 0.2) is 54.9 Å². The van der Waals surface area contributed by atoms with E-state index in [1.165, 1.54) is 0 Å². The Hall–Kier alpha value is -2.20. The Morgan fingerprint density at radius 3 is 2.40 bits per heavy atom. The summed E-state index contributed by atoms with van der Waals surface area (Å²) in [6.07, 6.45) is 3.47. The largest absolute Gasteiger partial charge is 0.481 e. The van der Waals surface area contributed by atoms with E-state index in [4.69, 9.17) is 0 Å². The molecule has 1 aromatic heterocycles. The first-order valence-corrected chi connectivity index (χ1v) is 6.59. The van der Waals surface area contributed by atoms with Crippen LogP contribution in [0.25, 0.3) is 0 Å². The van der Waals surface area contributed by atoms with Gasteiger partial charge in [0.05, 0.1) is 5.92 Å². The van der Waals surface area contributed by atoms with Crippen molar-refractivity contribution in [2.45, 2.75) is 18.9 Å². The van der Waals surface area contributed by atoms with E-state index in [-0.39, 0.29) is 6.04 Å². The van der Waals surface area contributed by atoms with Gasteiger partial charge in [-0.1, -0.05) is 30.3 Å². The molecular formula is C16H18N2O2. The normalized spacial score (nSPS) is 13.7. The third-order valence-electron chi connectivity index (χ3n) is 3.33. The van der Waals surface area contributed by atoms with Gasteiger partial charge in [-0.3, -0.25) is 9.78 Å². The molecular weight excluding hydrogens is 252 g/mol. The Morgan fingerprint density at radius 2 is 1.80 bits per heavy atom. The quantitative estimate of drug-likeness (QED) is 0.847. The predicted molar refractivity (Wildman–Crippen MR) is 77.5 cm³/mol. The highest BCUT2D eigenvalue weighted by molar-refractivity contribution is 5.76. The number of rotatable bonds is 6. The molecule has 0 aliphatic rings. The molecule has 0 aliphatic heterocycles. The van der Waals surface area contributed by atoms with Crippen molar-refractivity contribution in [2.75, 3.05) is 6.54 Å². The number of benzene rings is 1. The molecule has 4 heteroatoms. The molecule has 2 rings (SSSR count). The van der Waals surface area contributed by atoms with Crippen molar-refractivity contribution in [2.24, 2.45) is 0 Å². The number of nitrogens with zero attached hydrogens (tertiary/aromatic N) is 1. The van der Waals surface area contributed by atoms with Crippen LogP contribution in [0, 0.1) is 0 Å². The first-order chi connectivity index (χ1) is 9.68. The van der Waals surface area contributed by atoms with Crippen LogP contribution in [-0.2, 0) is 4.79 Å². The Balaban J connectivity index is 2.02. The van der Waals surface area contributed by atoms with Crippen LogP contribution in [0.3, 0.4) is 0 Å². The van der Waals surface area contributed by atoms with Crippen molar-refractivity contribution < 1.29 is 9.90 Å². The van der Waals surface area contributed by atoms with E-state index in [1.54, 1.807) is 12.4 Å². The lowest BCUT2D eigenvalue weighted by Gasteiger charge is -2.18. The molecule has 0 radical (unpaired) electrons. The van der Waals surface area contributed by atoms with E-state index in [0.717, 1.165) is 11.1 Å². The van der Waals surface area contributed by atoms with E-state index in [9.17, 15) is 9.90 Å².